The lowest BCUT2D eigenvalue weighted by Crippen LogP contribution is -2.48. The van der Waals surface area contributed by atoms with Gasteiger partial charge in [0.2, 0.25) is 11.8 Å². The maximum atomic E-state index is 13.9. The lowest BCUT2D eigenvalue weighted by molar-refractivity contribution is -0.143. The van der Waals surface area contributed by atoms with E-state index in [1.807, 2.05) is 37.3 Å². The highest BCUT2D eigenvalue weighted by molar-refractivity contribution is 6.23. The average molecular weight is 449 g/mol. The monoisotopic (exact) mass is 448 g/mol. The van der Waals surface area contributed by atoms with Crippen LogP contribution >= 0.6 is 0 Å². The molecule has 33 heavy (non-hydrogen) atoms. The van der Waals surface area contributed by atoms with Crippen LogP contribution in [0.2, 0.25) is 0 Å². The summed E-state index contributed by atoms with van der Waals surface area (Å²) in [6.07, 6.45) is -0.0264. The van der Waals surface area contributed by atoms with Crippen LogP contribution in [0.4, 0.5) is 5.69 Å². The number of ether oxygens (including phenoxy) is 1. The number of anilines is 1. The Morgan fingerprint density at radius 1 is 1.00 bits per heavy atom. The Morgan fingerprint density at radius 2 is 1.58 bits per heavy atom. The third kappa shape index (κ3) is 3.62. The van der Waals surface area contributed by atoms with Gasteiger partial charge in [0, 0.05) is 5.92 Å². The number of methoxy groups -OCH3 is 1. The summed E-state index contributed by atoms with van der Waals surface area (Å²) >= 11 is 0. The van der Waals surface area contributed by atoms with Crippen LogP contribution in [-0.4, -0.2) is 35.8 Å². The standard InChI is InChI=1S/C27H32N2O4/c1-17(18-10-8-7-9-11-18)28(25(32)23-26(2,3)27(23,4)5)21-16-22(30)29(24(21)31)19-12-14-20(33-6)15-13-19/h7-15,17,21,23H,16H2,1-6H3. The lowest BCUT2D eigenvalue weighted by Gasteiger charge is -2.34. The largest absolute Gasteiger partial charge is 0.497 e. The van der Waals surface area contributed by atoms with Gasteiger partial charge in [0.05, 0.1) is 25.3 Å². The molecule has 174 valence electrons. The molecule has 0 bridgehead atoms. The molecule has 1 saturated heterocycles. The fourth-order valence-electron chi connectivity index (χ4n) is 5.31. The molecule has 3 amide bonds. The van der Waals surface area contributed by atoms with Crippen LogP contribution in [0.5, 0.6) is 5.75 Å². The Morgan fingerprint density at radius 3 is 2.09 bits per heavy atom. The van der Waals surface area contributed by atoms with Crippen LogP contribution in [-0.2, 0) is 14.4 Å². The van der Waals surface area contributed by atoms with Gasteiger partial charge in [0.25, 0.3) is 5.91 Å². The summed E-state index contributed by atoms with van der Waals surface area (Å²) in [6.45, 7) is 10.3. The van der Waals surface area contributed by atoms with Gasteiger partial charge in [-0.25, -0.2) is 4.90 Å². The number of amides is 3. The fourth-order valence-corrected chi connectivity index (χ4v) is 5.31. The van der Waals surface area contributed by atoms with Gasteiger partial charge in [-0.3, -0.25) is 14.4 Å². The number of hydrogen-bond acceptors (Lipinski definition) is 4. The molecule has 0 radical (unpaired) electrons. The molecule has 1 aliphatic carbocycles. The van der Waals surface area contributed by atoms with Gasteiger partial charge < -0.3 is 9.64 Å². The van der Waals surface area contributed by atoms with E-state index in [0.717, 1.165) is 5.56 Å². The molecule has 2 aromatic carbocycles. The minimum Gasteiger partial charge on any atom is -0.497 e. The number of carbonyl (C=O) groups excluding carboxylic acids is 3. The van der Waals surface area contributed by atoms with E-state index >= 15 is 0 Å². The van der Waals surface area contributed by atoms with E-state index in [0.29, 0.717) is 11.4 Å². The van der Waals surface area contributed by atoms with E-state index < -0.39 is 6.04 Å². The second kappa shape index (κ2) is 8.01. The van der Waals surface area contributed by atoms with Gasteiger partial charge >= 0.3 is 0 Å². The Balaban J connectivity index is 1.70. The number of imide groups is 1. The lowest BCUT2D eigenvalue weighted by atomic mass is 10.0. The quantitative estimate of drug-likeness (QED) is 0.606. The van der Waals surface area contributed by atoms with E-state index in [9.17, 15) is 14.4 Å². The molecule has 2 aromatic rings. The Bertz CT molecular complexity index is 1060. The first-order valence-electron chi connectivity index (χ1n) is 11.4. The predicted octanol–water partition coefficient (Wildman–Crippen LogP) is 4.60. The van der Waals surface area contributed by atoms with Gasteiger partial charge in [0.15, 0.2) is 0 Å². The van der Waals surface area contributed by atoms with Crippen molar-refractivity contribution in [3.8, 4) is 5.75 Å². The van der Waals surface area contributed by atoms with Gasteiger partial charge in [-0.1, -0.05) is 58.0 Å². The van der Waals surface area contributed by atoms with Crippen molar-refractivity contribution in [1.29, 1.82) is 0 Å². The summed E-state index contributed by atoms with van der Waals surface area (Å²) < 4.78 is 5.19. The van der Waals surface area contributed by atoms with Crippen molar-refractivity contribution in [2.24, 2.45) is 16.7 Å². The minimum absolute atomic E-state index is 0.0264. The van der Waals surface area contributed by atoms with Crippen molar-refractivity contribution < 1.29 is 19.1 Å². The van der Waals surface area contributed by atoms with E-state index in [1.165, 1.54) is 4.90 Å². The van der Waals surface area contributed by atoms with E-state index in [2.05, 4.69) is 27.7 Å². The molecule has 2 fully saturated rings. The van der Waals surface area contributed by atoms with Crippen molar-refractivity contribution in [1.82, 2.24) is 4.90 Å². The zero-order valence-electron chi connectivity index (χ0n) is 20.2. The maximum Gasteiger partial charge on any atom is 0.257 e. The summed E-state index contributed by atoms with van der Waals surface area (Å²) in [5, 5.41) is 0. The van der Waals surface area contributed by atoms with Crippen LogP contribution in [0.3, 0.4) is 0 Å². The third-order valence-electron chi connectivity index (χ3n) is 8.01. The molecule has 2 aliphatic rings. The molecular formula is C27H32N2O4. The third-order valence-corrected chi connectivity index (χ3v) is 8.01. The molecule has 0 N–H and O–H groups in total. The van der Waals surface area contributed by atoms with Gasteiger partial charge in [-0.05, 0) is 47.6 Å². The van der Waals surface area contributed by atoms with Gasteiger partial charge in [-0.2, -0.15) is 0 Å². The first-order chi connectivity index (χ1) is 15.5. The Hall–Kier alpha value is -3.15. The molecule has 6 nitrogen and oxygen atoms in total. The summed E-state index contributed by atoms with van der Waals surface area (Å²) in [5.74, 6) is -0.305. The molecule has 1 saturated carbocycles. The summed E-state index contributed by atoms with van der Waals surface area (Å²) in [6, 6.07) is 15.3. The molecule has 0 spiro atoms. The molecule has 1 heterocycles. The van der Waals surface area contributed by atoms with Crippen LogP contribution in [0.15, 0.2) is 54.6 Å². The highest BCUT2D eigenvalue weighted by Gasteiger charge is 2.69. The molecule has 4 rings (SSSR count). The zero-order valence-corrected chi connectivity index (χ0v) is 20.2. The van der Waals surface area contributed by atoms with Crippen molar-refractivity contribution in [2.45, 2.75) is 53.1 Å². The summed E-state index contributed by atoms with van der Waals surface area (Å²) in [7, 11) is 1.56. The normalized spacial score (nSPS) is 22.2. The molecule has 2 atom stereocenters. The smallest absolute Gasteiger partial charge is 0.257 e. The number of rotatable bonds is 6. The van der Waals surface area contributed by atoms with Crippen LogP contribution < -0.4 is 9.64 Å². The first-order valence-corrected chi connectivity index (χ1v) is 11.4. The Kier molecular flexibility index (Phi) is 5.59. The van der Waals surface area contributed by atoms with Gasteiger partial charge in [0.1, 0.15) is 11.8 Å². The number of hydrogen-bond donors (Lipinski definition) is 0. The maximum absolute atomic E-state index is 13.9. The summed E-state index contributed by atoms with van der Waals surface area (Å²) in [4.78, 5) is 43.4. The number of nitrogens with zero attached hydrogens (tertiary/aromatic N) is 2. The molecule has 2 unspecified atom stereocenters. The SMILES string of the molecule is COc1ccc(N2C(=O)CC(N(C(=O)C3C(C)(C)C3(C)C)C(C)c3ccccc3)C2=O)cc1. The molecular weight excluding hydrogens is 416 g/mol. The van der Waals surface area contributed by atoms with E-state index in [-0.39, 0.29) is 46.9 Å². The number of benzene rings is 2. The Labute approximate surface area is 195 Å². The van der Waals surface area contributed by atoms with Crippen LogP contribution in [0, 0.1) is 16.7 Å². The molecule has 1 aliphatic heterocycles. The zero-order chi connectivity index (χ0) is 24.1. The van der Waals surface area contributed by atoms with Gasteiger partial charge in [-0.15, -0.1) is 0 Å². The number of carbonyl (C=O) groups is 3. The van der Waals surface area contributed by atoms with Crippen LogP contribution in [0.1, 0.15) is 52.6 Å². The minimum atomic E-state index is -0.838. The van der Waals surface area contributed by atoms with E-state index in [4.69, 9.17) is 4.74 Å². The van der Waals surface area contributed by atoms with Crippen LogP contribution in [0.25, 0.3) is 0 Å². The van der Waals surface area contributed by atoms with Crippen molar-refractivity contribution in [2.75, 3.05) is 12.0 Å². The second-order valence-electron chi connectivity index (χ2n) is 10.2. The second-order valence-corrected chi connectivity index (χ2v) is 10.2. The summed E-state index contributed by atoms with van der Waals surface area (Å²) in [5.41, 5.74) is 1.06. The highest BCUT2D eigenvalue weighted by atomic mass is 16.5. The van der Waals surface area contributed by atoms with Crippen molar-refractivity contribution in [3.63, 3.8) is 0 Å². The average Bonchev–Trinajstić information content (AvgIpc) is 3.03. The molecule has 6 heteroatoms. The topological polar surface area (TPSA) is 66.9 Å². The predicted molar refractivity (Wildman–Crippen MR) is 127 cm³/mol. The van der Waals surface area contributed by atoms with Crippen molar-refractivity contribution in [3.05, 3.63) is 60.2 Å². The first kappa shape index (κ1) is 23.0. The van der Waals surface area contributed by atoms with E-state index in [1.54, 1.807) is 36.3 Å². The van der Waals surface area contributed by atoms with Crippen molar-refractivity contribution >= 4 is 23.4 Å². The fraction of sp³-hybridized carbons (Fsp3) is 0.444. The highest BCUT2D eigenvalue weighted by Crippen LogP contribution is 2.69. The molecule has 0 aromatic heterocycles.